The van der Waals surface area contributed by atoms with Gasteiger partial charge in [0.15, 0.2) is 0 Å². The number of ether oxygens (including phenoxy) is 2. The van der Waals surface area contributed by atoms with Crippen molar-refractivity contribution in [3.63, 3.8) is 0 Å². The second kappa shape index (κ2) is 7.25. The number of aliphatic hydroxyl groups is 1. The van der Waals surface area contributed by atoms with Crippen LogP contribution >= 0.6 is 0 Å². The van der Waals surface area contributed by atoms with Gasteiger partial charge in [0.1, 0.15) is 12.4 Å². The van der Waals surface area contributed by atoms with Crippen molar-refractivity contribution in [2.24, 2.45) is 0 Å². The summed E-state index contributed by atoms with van der Waals surface area (Å²) in [5.74, 6) is 0.747. The summed E-state index contributed by atoms with van der Waals surface area (Å²) in [6.45, 7) is 5.69. The van der Waals surface area contributed by atoms with E-state index in [1.54, 1.807) is 0 Å². The molecule has 0 fully saturated rings. The molecule has 1 N–H and O–H groups in total. The van der Waals surface area contributed by atoms with Gasteiger partial charge in [-0.15, -0.1) is 0 Å². The maximum Gasteiger partial charge on any atom is 0.125 e. The Morgan fingerprint density at radius 1 is 1.19 bits per heavy atom. The van der Waals surface area contributed by atoms with E-state index in [0.717, 1.165) is 11.3 Å². The average molecular weight is 224 g/mol. The van der Waals surface area contributed by atoms with E-state index < -0.39 is 6.10 Å². The van der Waals surface area contributed by atoms with Crippen LogP contribution in [0.25, 0.3) is 0 Å². The highest BCUT2D eigenvalue weighted by atomic mass is 16.5. The highest BCUT2D eigenvalue weighted by molar-refractivity contribution is 5.34. The van der Waals surface area contributed by atoms with Gasteiger partial charge < -0.3 is 14.6 Å². The number of hydrogen-bond donors (Lipinski definition) is 1. The second-order valence-corrected chi connectivity index (χ2v) is 3.51. The van der Waals surface area contributed by atoms with Crippen molar-refractivity contribution in [2.75, 3.05) is 19.8 Å². The number of aliphatic hydroxyl groups excluding tert-OH is 1. The topological polar surface area (TPSA) is 38.7 Å². The van der Waals surface area contributed by atoms with Gasteiger partial charge in [-0.3, -0.25) is 0 Å². The van der Waals surface area contributed by atoms with Crippen molar-refractivity contribution in [1.82, 2.24) is 0 Å². The Balaban J connectivity index is 2.57. The van der Waals surface area contributed by atoms with Gasteiger partial charge >= 0.3 is 0 Å². The van der Waals surface area contributed by atoms with Crippen molar-refractivity contribution in [3.8, 4) is 5.75 Å². The lowest BCUT2D eigenvalue weighted by Gasteiger charge is -2.14. The molecule has 16 heavy (non-hydrogen) atoms. The molecule has 1 aromatic rings. The number of hydrogen-bond acceptors (Lipinski definition) is 3. The lowest BCUT2D eigenvalue weighted by molar-refractivity contribution is 0.107. The van der Waals surface area contributed by atoms with Crippen LogP contribution in [0.1, 0.15) is 31.9 Å². The van der Waals surface area contributed by atoms with Crippen molar-refractivity contribution < 1.29 is 14.6 Å². The molecule has 0 aliphatic carbocycles. The van der Waals surface area contributed by atoms with E-state index in [2.05, 4.69) is 0 Å². The maximum absolute atomic E-state index is 9.80. The molecule has 3 nitrogen and oxygen atoms in total. The molecule has 0 aromatic heterocycles. The first-order valence-electron chi connectivity index (χ1n) is 5.77. The smallest absolute Gasteiger partial charge is 0.125 e. The molecule has 0 heterocycles. The molecule has 0 saturated heterocycles. The van der Waals surface area contributed by atoms with Gasteiger partial charge in [-0.05, 0) is 19.4 Å². The van der Waals surface area contributed by atoms with E-state index >= 15 is 0 Å². The molecule has 0 aliphatic heterocycles. The van der Waals surface area contributed by atoms with Crippen LogP contribution in [-0.4, -0.2) is 24.9 Å². The van der Waals surface area contributed by atoms with E-state index in [-0.39, 0.29) is 0 Å². The van der Waals surface area contributed by atoms with Gasteiger partial charge in [-0.1, -0.05) is 25.1 Å². The van der Waals surface area contributed by atoms with Gasteiger partial charge in [-0.2, -0.15) is 0 Å². The van der Waals surface area contributed by atoms with Crippen LogP contribution in [0, 0.1) is 0 Å². The Hall–Kier alpha value is -1.06. The summed E-state index contributed by atoms with van der Waals surface area (Å²) >= 11 is 0. The monoisotopic (exact) mass is 224 g/mol. The number of para-hydroxylation sites is 1. The highest BCUT2D eigenvalue weighted by Gasteiger charge is 2.10. The maximum atomic E-state index is 9.80. The minimum absolute atomic E-state index is 0.455. The van der Waals surface area contributed by atoms with Crippen LogP contribution in [0.3, 0.4) is 0 Å². The van der Waals surface area contributed by atoms with Crippen LogP contribution in [0.2, 0.25) is 0 Å². The number of benzene rings is 1. The molecule has 0 amide bonds. The molecule has 0 spiro atoms. The third-order valence-electron chi connectivity index (χ3n) is 2.35. The first kappa shape index (κ1) is 13.0. The summed E-state index contributed by atoms with van der Waals surface area (Å²) in [5.41, 5.74) is 0.849. The Kier molecular flexibility index (Phi) is 5.90. The Bertz CT molecular complexity index is 299. The van der Waals surface area contributed by atoms with E-state index in [4.69, 9.17) is 9.47 Å². The van der Waals surface area contributed by atoms with Crippen LogP contribution in [0.15, 0.2) is 24.3 Å². The van der Waals surface area contributed by atoms with Crippen LogP contribution in [0.4, 0.5) is 0 Å². The molecule has 0 aliphatic rings. The Labute approximate surface area is 97.0 Å². The lowest BCUT2D eigenvalue weighted by Crippen LogP contribution is -2.08. The Morgan fingerprint density at radius 3 is 2.62 bits per heavy atom. The fourth-order valence-electron chi connectivity index (χ4n) is 1.46. The zero-order valence-electron chi connectivity index (χ0n) is 9.98. The van der Waals surface area contributed by atoms with Crippen molar-refractivity contribution in [3.05, 3.63) is 29.8 Å². The van der Waals surface area contributed by atoms with E-state index in [9.17, 15) is 5.11 Å². The molecule has 1 rings (SSSR count). The van der Waals surface area contributed by atoms with Gasteiger partial charge in [0.05, 0.1) is 12.7 Å². The molecular weight excluding hydrogens is 204 g/mol. The minimum atomic E-state index is -0.455. The van der Waals surface area contributed by atoms with Gasteiger partial charge in [0.2, 0.25) is 0 Å². The molecule has 0 bridgehead atoms. The van der Waals surface area contributed by atoms with Crippen molar-refractivity contribution >= 4 is 0 Å². The predicted molar refractivity (Wildman–Crippen MR) is 63.7 cm³/mol. The zero-order chi connectivity index (χ0) is 11.8. The van der Waals surface area contributed by atoms with E-state index in [1.165, 1.54) is 0 Å². The van der Waals surface area contributed by atoms with Gasteiger partial charge in [0, 0.05) is 12.2 Å². The standard InChI is InChI=1S/C13H20O3/c1-3-12(14)11-7-5-6-8-13(11)16-10-9-15-4-2/h5-8,12,14H,3-4,9-10H2,1-2H3. The summed E-state index contributed by atoms with van der Waals surface area (Å²) in [6, 6.07) is 7.58. The molecule has 0 radical (unpaired) electrons. The molecule has 1 unspecified atom stereocenters. The number of rotatable bonds is 7. The quantitative estimate of drug-likeness (QED) is 0.723. The summed E-state index contributed by atoms with van der Waals surface area (Å²) in [5, 5.41) is 9.80. The SMILES string of the molecule is CCOCCOc1ccccc1C(O)CC. The van der Waals surface area contributed by atoms with Gasteiger partial charge in [-0.25, -0.2) is 0 Å². The van der Waals surface area contributed by atoms with Crippen LogP contribution in [-0.2, 0) is 4.74 Å². The zero-order valence-corrected chi connectivity index (χ0v) is 9.98. The first-order chi connectivity index (χ1) is 7.79. The third kappa shape index (κ3) is 3.83. The molecule has 1 atom stereocenters. The largest absolute Gasteiger partial charge is 0.491 e. The predicted octanol–water partition coefficient (Wildman–Crippen LogP) is 2.55. The summed E-state index contributed by atoms with van der Waals surface area (Å²) in [7, 11) is 0. The minimum Gasteiger partial charge on any atom is -0.491 e. The fourth-order valence-corrected chi connectivity index (χ4v) is 1.46. The average Bonchev–Trinajstić information content (AvgIpc) is 2.34. The first-order valence-corrected chi connectivity index (χ1v) is 5.77. The Morgan fingerprint density at radius 2 is 1.94 bits per heavy atom. The molecule has 1 aromatic carbocycles. The normalized spacial score (nSPS) is 12.4. The third-order valence-corrected chi connectivity index (χ3v) is 2.35. The molecular formula is C13H20O3. The van der Waals surface area contributed by atoms with Crippen molar-refractivity contribution in [2.45, 2.75) is 26.4 Å². The van der Waals surface area contributed by atoms with Gasteiger partial charge in [0.25, 0.3) is 0 Å². The fraction of sp³-hybridized carbons (Fsp3) is 0.538. The van der Waals surface area contributed by atoms with E-state index in [1.807, 2.05) is 38.1 Å². The summed E-state index contributed by atoms with van der Waals surface area (Å²) in [4.78, 5) is 0. The summed E-state index contributed by atoms with van der Waals surface area (Å²) in [6.07, 6.45) is 0.231. The highest BCUT2D eigenvalue weighted by Crippen LogP contribution is 2.26. The lowest BCUT2D eigenvalue weighted by atomic mass is 10.1. The molecule has 0 saturated carbocycles. The van der Waals surface area contributed by atoms with Crippen LogP contribution < -0.4 is 4.74 Å². The van der Waals surface area contributed by atoms with Crippen LogP contribution in [0.5, 0.6) is 5.75 Å². The second-order valence-electron chi connectivity index (χ2n) is 3.51. The van der Waals surface area contributed by atoms with E-state index in [0.29, 0.717) is 26.2 Å². The molecule has 90 valence electrons. The summed E-state index contributed by atoms with van der Waals surface area (Å²) < 4.78 is 10.8. The van der Waals surface area contributed by atoms with Crippen molar-refractivity contribution in [1.29, 1.82) is 0 Å². The molecule has 3 heteroatoms.